The van der Waals surface area contributed by atoms with E-state index in [0.717, 1.165) is 23.3 Å². The molecule has 45 heavy (non-hydrogen) atoms. The number of hydrogen-bond donors (Lipinski definition) is 1. The van der Waals surface area contributed by atoms with Crippen molar-refractivity contribution in [1.82, 2.24) is 4.98 Å². The van der Waals surface area contributed by atoms with Gasteiger partial charge in [-0.15, -0.1) is 0 Å². The van der Waals surface area contributed by atoms with Gasteiger partial charge >= 0.3 is 11.9 Å². The van der Waals surface area contributed by atoms with Crippen molar-refractivity contribution in [2.75, 3.05) is 18.1 Å². The SMILES string of the molecule is C=CCOC(=O)c1sc(N2C(=O)C(=O)/C(=C(/O)c3cccc(OCCC)c3)C2c2ccc(OCc3ccccc3)cc2)nc1C. The molecule has 0 aliphatic carbocycles. The van der Waals surface area contributed by atoms with Crippen molar-refractivity contribution in [3.05, 3.63) is 124 Å². The Hall–Kier alpha value is -5.22. The lowest BCUT2D eigenvalue weighted by molar-refractivity contribution is -0.132. The Kier molecular flexibility index (Phi) is 9.74. The summed E-state index contributed by atoms with van der Waals surface area (Å²) >= 11 is 0.934. The fourth-order valence-electron chi connectivity index (χ4n) is 4.82. The monoisotopic (exact) mass is 624 g/mol. The summed E-state index contributed by atoms with van der Waals surface area (Å²) in [5, 5.41) is 11.7. The van der Waals surface area contributed by atoms with Gasteiger partial charge in [0.05, 0.1) is 23.9 Å². The molecular weight excluding hydrogens is 592 g/mol. The van der Waals surface area contributed by atoms with Gasteiger partial charge in [0, 0.05) is 5.56 Å². The van der Waals surface area contributed by atoms with Crippen molar-refractivity contribution >= 4 is 39.9 Å². The average molecular weight is 625 g/mol. The zero-order valence-electron chi connectivity index (χ0n) is 24.9. The van der Waals surface area contributed by atoms with E-state index < -0.39 is 23.7 Å². The fourth-order valence-corrected chi connectivity index (χ4v) is 5.80. The number of anilines is 1. The smallest absolute Gasteiger partial charge is 0.350 e. The first kappa shape index (κ1) is 31.2. The minimum Gasteiger partial charge on any atom is -0.507 e. The van der Waals surface area contributed by atoms with Crippen LogP contribution in [0.4, 0.5) is 5.13 Å². The van der Waals surface area contributed by atoms with Crippen molar-refractivity contribution in [1.29, 1.82) is 0 Å². The van der Waals surface area contributed by atoms with E-state index in [2.05, 4.69) is 11.6 Å². The molecule has 4 aromatic rings. The van der Waals surface area contributed by atoms with Crippen LogP contribution in [-0.4, -0.2) is 41.0 Å². The van der Waals surface area contributed by atoms with Crippen LogP contribution in [-0.2, 0) is 20.9 Å². The standard InChI is InChI=1S/C35H32N2O7S/c1-4-18-42-27-13-9-12-25(20-27)30(38)28-29(24-14-16-26(17-15-24)44-21-23-10-7-6-8-11-23)37(33(40)31(28)39)35-36-22(3)32(45-35)34(41)43-19-5-2/h5-17,20,29,38H,2,4,18-19,21H2,1,3H3/b30-28+. The summed E-state index contributed by atoms with van der Waals surface area (Å²) in [6.45, 7) is 8.01. The molecule has 1 amide bonds. The van der Waals surface area contributed by atoms with E-state index >= 15 is 0 Å². The van der Waals surface area contributed by atoms with Gasteiger partial charge in [0.1, 0.15) is 35.3 Å². The van der Waals surface area contributed by atoms with Gasteiger partial charge in [0.25, 0.3) is 5.78 Å². The van der Waals surface area contributed by atoms with Crippen LogP contribution in [0.25, 0.3) is 5.76 Å². The lowest BCUT2D eigenvalue weighted by Crippen LogP contribution is -2.29. The third-order valence-corrected chi connectivity index (χ3v) is 8.11. The summed E-state index contributed by atoms with van der Waals surface area (Å²) < 4.78 is 16.8. The van der Waals surface area contributed by atoms with Crippen LogP contribution in [0.5, 0.6) is 11.5 Å². The van der Waals surface area contributed by atoms with Crippen molar-refractivity contribution in [2.45, 2.75) is 32.9 Å². The van der Waals surface area contributed by atoms with Crippen molar-refractivity contribution in [2.24, 2.45) is 0 Å². The van der Waals surface area contributed by atoms with Crippen LogP contribution >= 0.6 is 11.3 Å². The van der Waals surface area contributed by atoms with Crippen molar-refractivity contribution in [3.63, 3.8) is 0 Å². The Balaban J connectivity index is 1.56. The Bertz CT molecular complexity index is 1750. The fraction of sp³-hybridized carbons (Fsp3) is 0.200. The first-order valence-corrected chi connectivity index (χ1v) is 15.2. The molecule has 3 aromatic carbocycles. The van der Waals surface area contributed by atoms with Gasteiger partial charge in [-0.05, 0) is 48.7 Å². The minimum atomic E-state index is -1.05. The zero-order valence-corrected chi connectivity index (χ0v) is 25.7. The van der Waals surface area contributed by atoms with Gasteiger partial charge in [0.15, 0.2) is 5.13 Å². The number of benzene rings is 3. The molecule has 2 heterocycles. The molecule has 10 heteroatoms. The normalized spacial score (nSPS) is 15.6. The number of aromatic nitrogens is 1. The number of Topliss-reactive ketones (excluding diaryl/α,β-unsaturated/α-hetero) is 1. The Morgan fingerprint density at radius 2 is 1.78 bits per heavy atom. The third kappa shape index (κ3) is 6.81. The van der Waals surface area contributed by atoms with Crippen molar-refractivity contribution in [3.8, 4) is 11.5 Å². The molecule has 1 saturated heterocycles. The van der Waals surface area contributed by atoms with E-state index in [-0.39, 0.29) is 27.9 Å². The maximum absolute atomic E-state index is 13.7. The molecule has 0 bridgehead atoms. The van der Waals surface area contributed by atoms with E-state index in [4.69, 9.17) is 14.2 Å². The number of amides is 1. The van der Waals surface area contributed by atoms with Crippen LogP contribution in [0.1, 0.15) is 51.4 Å². The van der Waals surface area contributed by atoms with E-state index in [9.17, 15) is 19.5 Å². The molecule has 0 radical (unpaired) electrons. The van der Waals surface area contributed by atoms with E-state index in [1.165, 1.54) is 11.0 Å². The van der Waals surface area contributed by atoms with E-state index in [1.54, 1.807) is 55.5 Å². The van der Waals surface area contributed by atoms with Crippen LogP contribution in [0.15, 0.2) is 97.1 Å². The molecule has 1 aliphatic heterocycles. The molecular formula is C35H32N2O7S. The second-order valence-corrected chi connectivity index (χ2v) is 11.2. The largest absolute Gasteiger partial charge is 0.507 e. The second kappa shape index (κ2) is 14.0. The van der Waals surface area contributed by atoms with Gasteiger partial charge in [-0.2, -0.15) is 0 Å². The predicted molar refractivity (Wildman–Crippen MR) is 172 cm³/mol. The first-order chi connectivity index (χ1) is 21.8. The number of carbonyl (C=O) groups is 3. The summed E-state index contributed by atoms with van der Waals surface area (Å²) in [6, 6.07) is 22.3. The second-order valence-electron chi connectivity index (χ2n) is 10.2. The number of ether oxygens (including phenoxy) is 3. The number of thiazole rings is 1. The molecule has 230 valence electrons. The minimum absolute atomic E-state index is 0.00967. The average Bonchev–Trinajstić information content (AvgIpc) is 3.58. The van der Waals surface area contributed by atoms with Crippen LogP contribution < -0.4 is 14.4 Å². The van der Waals surface area contributed by atoms with Gasteiger partial charge < -0.3 is 19.3 Å². The molecule has 1 fully saturated rings. The maximum atomic E-state index is 13.7. The molecule has 0 spiro atoms. The number of esters is 1. The molecule has 1 aliphatic rings. The lowest BCUT2D eigenvalue weighted by atomic mass is 9.95. The summed E-state index contributed by atoms with van der Waals surface area (Å²) in [7, 11) is 0. The lowest BCUT2D eigenvalue weighted by Gasteiger charge is -2.23. The van der Waals surface area contributed by atoms with Gasteiger partial charge in [-0.25, -0.2) is 9.78 Å². The maximum Gasteiger partial charge on any atom is 0.350 e. The molecule has 1 aromatic heterocycles. The van der Waals surface area contributed by atoms with Crippen LogP contribution in [0.3, 0.4) is 0 Å². The van der Waals surface area contributed by atoms with Gasteiger partial charge in [-0.3, -0.25) is 14.5 Å². The number of rotatable bonds is 12. The highest BCUT2D eigenvalue weighted by Crippen LogP contribution is 2.44. The highest BCUT2D eigenvalue weighted by atomic mass is 32.1. The quantitative estimate of drug-likeness (QED) is 0.0603. The summed E-state index contributed by atoms with van der Waals surface area (Å²) in [4.78, 5) is 45.9. The molecule has 0 saturated carbocycles. The Morgan fingerprint density at radius 1 is 1.02 bits per heavy atom. The predicted octanol–water partition coefficient (Wildman–Crippen LogP) is 6.79. The summed E-state index contributed by atoms with van der Waals surface area (Å²) in [6.07, 6.45) is 2.24. The number of carbonyl (C=O) groups excluding carboxylic acids is 3. The molecule has 1 atom stereocenters. The van der Waals surface area contributed by atoms with Gasteiger partial charge in [-0.1, -0.05) is 85.5 Å². The molecule has 9 nitrogen and oxygen atoms in total. The van der Waals surface area contributed by atoms with E-state index in [0.29, 0.717) is 41.5 Å². The number of aliphatic hydroxyl groups is 1. The molecule has 1 N–H and O–H groups in total. The molecule has 5 rings (SSSR count). The van der Waals surface area contributed by atoms with Gasteiger partial charge in [0.2, 0.25) is 0 Å². The summed E-state index contributed by atoms with van der Waals surface area (Å²) in [5.74, 6) is -1.64. The number of aryl methyl sites for hydroxylation is 1. The van der Waals surface area contributed by atoms with Crippen LogP contribution in [0.2, 0.25) is 0 Å². The third-order valence-electron chi connectivity index (χ3n) is 6.98. The topological polar surface area (TPSA) is 115 Å². The van der Waals surface area contributed by atoms with E-state index in [1.807, 2.05) is 37.3 Å². The highest BCUT2D eigenvalue weighted by Gasteiger charge is 2.48. The van der Waals surface area contributed by atoms with Crippen molar-refractivity contribution < 1.29 is 33.7 Å². The number of hydrogen-bond acceptors (Lipinski definition) is 9. The highest BCUT2D eigenvalue weighted by molar-refractivity contribution is 7.17. The Labute approximate surface area is 265 Å². The zero-order chi connectivity index (χ0) is 31.9. The summed E-state index contributed by atoms with van der Waals surface area (Å²) in [5.41, 5.74) is 2.08. The molecule has 1 unspecified atom stereocenters. The van der Waals surface area contributed by atoms with Crippen LogP contribution in [0, 0.1) is 6.92 Å². The number of nitrogens with zero attached hydrogens (tertiary/aromatic N) is 2. The Morgan fingerprint density at radius 3 is 2.49 bits per heavy atom. The first-order valence-electron chi connectivity index (χ1n) is 14.4. The number of aliphatic hydroxyl groups excluding tert-OH is 1. The number of ketones is 1.